The van der Waals surface area contributed by atoms with E-state index in [4.69, 9.17) is 58.0 Å². The lowest BCUT2D eigenvalue weighted by atomic mass is 10.2. The highest BCUT2D eigenvalue weighted by Crippen LogP contribution is 2.35. The number of pyridine rings is 1. The molecule has 0 unspecified atom stereocenters. The Kier molecular flexibility index (Phi) is 4.99. The first-order valence-electron chi connectivity index (χ1n) is 5.17. The Morgan fingerprint density at radius 3 is 2.10 bits per heavy atom. The molecule has 1 N–H and O–H groups in total. The van der Waals surface area contributed by atoms with Gasteiger partial charge in [-0.3, -0.25) is 4.79 Å². The summed E-state index contributed by atoms with van der Waals surface area (Å²) in [6.45, 7) is 0. The molecule has 0 bridgehead atoms. The molecule has 2 rings (SSSR count). The molecule has 104 valence electrons. The largest absolute Gasteiger partial charge is 0.322 e. The highest BCUT2D eigenvalue weighted by atomic mass is 35.5. The number of carbonyl (C=O) groups excluding carboxylic acids is 1. The Bertz CT molecular complexity index is 673. The second kappa shape index (κ2) is 6.37. The van der Waals surface area contributed by atoms with Crippen molar-refractivity contribution >= 4 is 69.6 Å². The van der Waals surface area contributed by atoms with Crippen molar-refractivity contribution < 1.29 is 4.79 Å². The zero-order chi connectivity index (χ0) is 14.9. The van der Waals surface area contributed by atoms with Crippen molar-refractivity contribution in [3.63, 3.8) is 0 Å². The van der Waals surface area contributed by atoms with Crippen LogP contribution < -0.4 is 5.32 Å². The van der Waals surface area contributed by atoms with E-state index < -0.39 is 5.91 Å². The van der Waals surface area contributed by atoms with Gasteiger partial charge in [0.05, 0.1) is 15.6 Å². The molecule has 20 heavy (non-hydrogen) atoms. The molecule has 0 radical (unpaired) electrons. The molecule has 1 aromatic carbocycles. The number of carbonyl (C=O) groups is 1. The summed E-state index contributed by atoms with van der Waals surface area (Å²) >= 11 is 29.2. The molecule has 1 aromatic heterocycles. The molecule has 1 heterocycles. The quantitative estimate of drug-likeness (QED) is 0.699. The molecule has 8 heteroatoms. The summed E-state index contributed by atoms with van der Waals surface area (Å²) in [7, 11) is 0. The van der Waals surface area contributed by atoms with Crippen molar-refractivity contribution in [2.24, 2.45) is 0 Å². The Morgan fingerprint density at radius 2 is 1.50 bits per heavy atom. The number of benzene rings is 1. The van der Waals surface area contributed by atoms with Crippen LogP contribution in [0.4, 0.5) is 5.69 Å². The van der Waals surface area contributed by atoms with Crippen molar-refractivity contribution in [3.8, 4) is 0 Å². The number of hydrogen-bond acceptors (Lipinski definition) is 2. The number of hydrogen-bond donors (Lipinski definition) is 1. The lowest BCUT2D eigenvalue weighted by molar-refractivity contribution is 0.102. The normalized spacial score (nSPS) is 10.4. The van der Waals surface area contributed by atoms with E-state index in [1.807, 2.05) is 0 Å². The third-order valence-electron chi connectivity index (χ3n) is 2.33. The van der Waals surface area contributed by atoms with Crippen LogP contribution in [0.25, 0.3) is 0 Å². The molecular formula is C12H5Cl5N2O. The van der Waals surface area contributed by atoms with Crippen molar-refractivity contribution in [1.29, 1.82) is 0 Å². The highest BCUT2D eigenvalue weighted by molar-refractivity contribution is 6.50. The number of nitrogens with one attached hydrogen (secondary N) is 1. The van der Waals surface area contributed by atoms with E-state index >= 15 is 0 Å². The predicted octanol–water partition coefficient (Wildman–Crippen LogP) is 5.60. The third kappa shape index (κ3) is 3.30. The maximum absolute atomic E-state index is 12.1. The SMILES string of the molecule is O=C(Nc1ccc(Cl)cc1)c1c(Cl)nc(Cl)c(Cl)c1Cl. The van der Waals surface area contributed by atoms with Gasteiger partial charge in [-0.05, 0) is 24.3 Å². The standard InChI is InChI=1S/C12H5Cl5N2O/c13-5-1-3-6(4-2-5)18-12(20)7-8(14)9(15)11(17)19-10(7)16/h1-4H,(H,18,20). The van der Waals surface area contributed by atoms with Crippen LogP contribution in [-0.4, -0.2) is 10.9 Å². The molecule has 1 amide bonds. The average Bonchev–Trinajstić information content (AvgIpc) is 2.39. The topological polar surface area (TPSA) is 42.0 Å². The molecule has 0 saturated carbocycles. The maximum atomic E-state index is 12.1. The van der Waals surface area contributed by atoms with Crippen molar-refractivity contribution in [1.82, 2.24) is 4.98 Å². The molecule has 3 nitrogen and oxygen atoms in total. The van der Waals surface area contributed by atoms with Gasteiger partial charge in [-0.2, -0.15) is 0 Å². The fourth-order valence-electron chi connectivity index (χ4n) is 1.40. The minimum absolute atomic E-state index is 0.0287. The zero-order valence-electron chi connectivity index (χ0n) is 9.55. The fourth-order valence-corrected chi connectivity index (χ4v) is 2.51. The second-order valence-corrected chi connectivity index (χ2v) is 5.57. The van der Waals surface area contributed by atoms with Crippen LogP contribution >= 0.6 is 58.0 Å². The average molecular weight is 370 g/mol. The van der Waals surface area contributed by atoms with Gasteiger partial charge in [0.15, 0.2) is 5.15 Å². The van der Waals surface area contributed by atoms with Crippen LogP contribution in [0.2, 0.25) is 25.4 Å². The fraction of sp³-hybridized carbons (Fsp3) is 0. The molecule has 0 spiro atoms. The van der Waals surface area contributed by atoms with Gasteiger partial charge in [0.2, 0.25) is 0 Å². The van der Waals surface area contributed by atoms with E-state index in [-0.39, 0.29) is 25.9 Å². The van der Waals surface area contributed by atoms with E-state index in [0.717, 1.165) is 0 Å². The Hall–Kier alpha value is -0.710. The van der Waals surface area contributed by atoms with Crippen LogP contribution in [0, 0.1) is 0 Å². The predicted molar refractivity (Wildman–Crippen MR) is 83.7 cm³/mol. The van der Waals surface area contributed by atoms with Gasteiger partial charge in [0.1, 0.15) is 5.15 Å². The molecule has 0 aliphatic heterocycles. The number of halogens is 5. The molecular weight excluding hydrogens is 365 g/mol. The van der Waals surface area contributed by atoms with Crippen LogP contribution in [0.3, 0.4) is 0 Å². The summed E-state index contributed by atoms with van der Waals surface area (Å²) in [5.41, 5.74) is 0.482. The first-order chi connectivity index (χ1) is 9.40. The maximum Gasteiger partial charge on any atom is 0.260 e. The lowest BCUT2D eigenvalue weighted by Crippen LogP contribution is -2.14. The van der Waals surface area contributed by atoms with Crippen molar-refractivity contribution in [2.75, 3.05) is 5.32 Å². The van der Waals surface area contributed by atoms with E-state index in [1.165, 1.54) is 0 Å². The minimum Gasteiger partial charge on any atom is -0.322 e. The van der Waals surface area contributed by atoms with Gasteiger partial charge in [-0.15, -0.1) is 0 Å². The van der Waals surface area contributed by atoms with Gasteiger partial charge < -0.3 is 5.32 Å². The summed E-state index contributed by atoms with van der Waals surface area (Å²) in [5, 5.41) is 2.88. The zero-order valence-corrected chi connectivity index (χ0v) is 13.3. The first kappa shape index (κ1) is 15.7. The molecule has 0 saturated heterocycles. The van der Waals surface area contributed by atoms with Gasteiger partial charge >= 0.3 is 0 Å². The summed E-state index contributed by atoms with van der Waals surface area (Å²) in [5.74, 6) is -0.548. The first-order valence-corrected chi connectivity index (χ1v) is 7.06. The van der Waals surface area contributed by atoms with Crippen LogP contribution in [0.15, 0.2) is 24.3 Å². The van der Waals surface area contributed by atoms with Crippen LogP contribution in [-0.2, 0) is 0 Å². The Balaban J connectivity index is 2.34. The molecule has 0 aliphatic carbocycles. The smallest absolute Gasteiger partial charge is 0.260 e. The van der Waals surface area contributed by atoms with Crippen molar-refractivity contribution in [3.05, 3.63) is 55.2 Å². The minimum atomic E-state index is -0.548. The van der Waals surface area contributed by atoms with E-state index in [9.17, 15) is 4.79 Å². The van der Waals surface area contributed by atoms with Gasteiger partial charge in [-0.25, -0.2) is 4.98 Å². The lowest BCUT2D eigenvalue weighted by Gasteiger charge is -2.10. The molecule has 2 aromatic rings. The van der Waals surface area contributed by atoms with E-state index in [2.05, 4.69) is 10.3 Å². The Morgan fingerprint density at radius 1 is 0.900 bits per heavy atom. The summed E-state index contributed by atoms with van der Waals surface area (Å²) in [4.78, 5) is 15.9. The monoisotopic (exact) mass is 368 g/mol. The Labute approximate surface area is 139 Å². The molecule has 0 fully saturated rings. The number of aromatic nitrogens is 1. The number of rotatable bonds is 2. The van der Waals surface area contributed by atoms with E-state index in [1.54, 1.807) is 24.3 Å². The number of nitrogens with zero attached hydrogens (tertiary/aromatic N) is 1. The third-order valence-corrected chi connectivity index (χ3v) is 4.06. The van der Waals surface area contributed by atoms with Crippen LogP contribution in [0.1, 0.15) is 10.4 Å². The van der Waals surface area contributed by atoms with Gasteiger partial charge in [0, 0.05) is 10.7 Å². The van der Waals surface area contributed by atoms with Crippen molar-refractivity contribution in [2.45, 2.75) is 0 Å². The summed E-state index contributed by atoms with van der Waals surface area (Å²) < 4.78 is 0. The van der Waals surface area contributed by atoms with Gasteiger partial charge in [0.25, 0.3) is 5.91 Å². The van der Waals surface area contributed by atoms with E-state index in [0.29, 0.717) is 10.7 Å². The second-order valence-electron chi connectivity index (χ2n) is 3.66. The number of amides is 1. The summed E-state index contributed by atoms with van der Waals surface area (Å²) in [6.07, 6.45) is 0. The molecule has 0 atom stereocenters. The van der Waals surface area contributed by atoms with Gasteiger partial charge in [-0.1, -0.05) is 58.0 Å². The number of anilines is 1. The molecule has 0 aliphatic rings. The van der Waals surface area contributed by atoms with Crippen LogP contribution in [0.5, 0.6) is 0 Å². The summed E-state index contributed by atoms with van der Waals surface area (Å²) in [6, 6.07) is 6.53. The highest BCUT2D eigenvalue weighted by Gasteiger charge is 2.21.